The lowest BCUT2D eigenvalue weighted by Gasteiger charge is -2.22. The fourth-order valence-electron chi connectivity index (χ4n) is 3.19. The number of anilines is 1. The molecule has 0 bridgehead atoms. The zero-order valence-corrected chi connectivity index (χ0v) is 17.0. The number of carbonyl (C=O) groups excluding carboxylic acids is 1. The average molecular weight is 389 g/mol. The van der Waals surface area contributed by atoms with Crippen LogP contribution in [0, 0.1) is 0 Å². The highest BCUT2D eigenvalue weighted by molar-refractivity contribution is 5.94. The molecule has 0 unspecified atom stereocenters. The van der Waals surface area contributed by atoms with Gasteiger partial charge in [-0.05, 0) is 42.7 Å². The van der Waals surface area contributed by atoms with Crippen LogP contribution in [-0.4, -0.2) is 31.1 Å². The number of methoxy groups -OCH3 is 1. The Labute approximate surface area is 172 Å². The van der Waals surface area contributed by atoms with Crippen molar-refractivity contribution in [1.82, 2.24) is 10.3 Å². The van der Waals surface area contributed by atoms with Gasteiger partial charge in [-0.2, -0.15) is 0 Å². The van der Waals surface area contributed by atoms with E-state index >= 15 is 0 Å². The summed E-state index contributed by atoms with van der Waals surface area (Å²) in [6, 6.07) is 21.9. The minimum Gasteiger partial charge on any atom is -0.496 e. The Morgan fingerprint density at radius 1 is 1.03 bits per heavy atom. The number of benzene rings is 2. The van der Waals surface area contributed by atoms with E-state index in [0.717, 1.165) is 30.2 Å². The van der Waals surface area contributed by atoms with E-state index < -0.39 is 0 Å². The molecule has 150 valence electrons. The predicted molar refractivity (Wildman–Crippen MR) is 116 cm³/mol. The first-order chi connectivity index (χ1) is 14.2. The number of nitrogens with one attached hydrogen (secondary N) is 1. The minimum atomic E-state index is -0.120. The Balaban J connectivity index is 1.56. The van der Waals surface area contributed by atoms with Crippen molar-refractivity contribution in [3.05, 3.63) is 89.6 Å². The van der Waals surface area contributed by atoms with Crippen LogP contribution in [0.5, 0.6) is 5.75 Å². The van der Waals surface area contributed by atoms with Gasteiger partial charge in [-0.3, -0.25) is 4.79 Å². The molecule has 3 rings (SSSR count). The summed E-state index contributed by atoms with van der Waals surface area (Å²) in [5, 5.41) is 2.95. The van der Waals surface area contributed by atoms with Gasteiger partial charge < -0.3 is 15.0 Å². The number of hydrogen-bond acceptors (Lipinski definition) is 4. The van der Waals surface area contributed by atoms with Crippen molar-refractivity contribution in [2.24, 2.45) is 0 Å². The van der Waals surface area contributed by atoms with Crippen molar-refractivity contribution in [3.63, 3.8) is 0 Å². The maximum atomic E-state index is 12.4. The normalized spacial score (nSPS) is 10.4. The van der Waals surface area contributed by atoms with Gasteiger partial charge >= 0.3 is 0 Å². The summed E-state index contributed by atoms with van der Waals surface area (Å²) in [5.74, 6) is 1.58. The summed E-state index contributed by atoms with van der Waals surface area (Å²) >= 11 is 0. The predicted octanol–water partition coefficient (Wildman–Crippen LogP) is 4.09. The number of para-hydroxylation sites is 1. The molecule has 1 heterocycles. The molecule has 0 saturated heterocycles. The molecule has 1 amide bonds. The highest BCUT2D eigenvalue weighted by Crippen LogP contribution is 2.18. The molecule has 0 radical (unpaired) electrons. The van der Waals surface area contributed by atoms with E-state index in [4.69, 9.17) is 4.74 Å². The Bertz CT molecular complexity index is 911. The van der Waals surface area contributed by atoms with E-state index in [1.54, 1.807) is 13.3 Å². The summed E-state index contributed by atoms with van der Waals surface area (Å²) in [4.78, 5) is 19.1. The molecule has 5 heteroatoms. The number of ether oxygens (including phenoxy) is 1. The van der Waals surface area contributed by atoms with Gasteiger partial charge in [0.05, 0.1) is 12.7 Å². The SMILES string of the molecule is CCN(Cc1ccccc1)c1ccc(C(=O)NCCc2ccccc2OC)cn1. The third-order valence-corrected chi connectivity index (χ3v) is 4.80. The molecule has 0 atom stereocenters. The van der Waals surface area contributed by atoms with Crippen LogP contribution in [0.1, 0.15) is 28.4 Å². The maximum absolute atomic E-state index is 12.4. The molecule has 0 aliphatic carbocycles. The van der Waals surface area contributed by atoms with Crippen LogP contribution in [0.25, 0.3) is 0 Å². The molecule has 0 aliphatic heterocycles. The zero-order valence-electron chi connectivity index (χ0n) is 17.0. The number of amides is 1. The van der Waals surface area contributed by atoms with Gasteiger partial charge in [-0.15, -0.1) is 0 Å². The molecule has 3 aromatic rings. The van der Waals surface area contributed by atoms with Crippen molar-refractivity contribution in [2.45, 2.75) is 19.9 Å². The molecular weight excluding hydrogens is 362 g/mol. The summed E-state index contributed by atoms with van der Waals surface area (Å²) in [7, 11) is 1.65. The van der Waals surface area contributed by atoms with E-state index in [-0.39, 0.29) is 5.91 Å². The monoisotopic (exact) mass is 389 g/mol. The topological polar surface area (TPSA) is 54.5 Å². The van der Waals surface area contributed by atoms with Gasteiger partial charge in [0.25, 0.3) is 5.91 Å². The number of aromatic nitrogens is 1. The first-order valence-electron chi connectivity index (χ1n) is 9.86. The number of hydrogen-bond donors (Lipinski definition) is 1. The molecule has 29 heavy (non-hydrogen) atoms. The number of carbonyl (C=O) groups is 1. The molecule has 0 fully saturated rings. The zero-order chi connectivity index (χ0) is 20.5. The Morgan fingerprint density at radius 2 is 1.79 bits per heavy atom. The van der Waals surface area contributed by atoms with Crippen LogP contribution in [0.4, 0.5) is 5.82 Å². The molecule has 1 aromatic heterocycles. The largest absolute Gasteiger partial charge is 0.496 e. The molecular formula is C24H27N3O2. The molecule has 1 N–H and O–H groups in total. The van der Waals surface area contributed by atoms with Crippen molar-refractivity contribution in [3.8, 4) is 5.75 Å². The quantitative estimate of drug-likeness (QED) is 0.599. The van der Waals surface area contributed by atoms with Crippen LogP contribution >= 0.6 is 0 Å². The van der Waals surface area contributed by atoms with E-state index in [1.165, 1.54) is 5.56 Å². The van der Waals surface area contributed by atoms with E-state index in [1.807, 2.05) is 54.6 Å². The van der Waals surface area contributed by atoms with Crippen molar-refractivity contribution in [2.75, 3.05) is 25.1 Å². The van der Waals surface area contributed by atoms with Gasteiger partial charge in [-0.1, -0.05) is 48.5 Å². The Morgan fingerprint density at radius 3 is 2.48 bits per heavy atom. The van der Waals surface area contributed by atoms with Crippen molar-refractivity contribution < 1.29 is 9.53 Å². The lowest BCUT2D eigenvalue weighted by Crippen LogP contribution is -2.26. The first-order valence-corrected chi connectivity index (χ1v) is 9.86. The highest BCUT2D eigenvalue weighted by Gasteiger charge is 2.10. The van der Waals surface area contributed by atoms with E-state index in [2.05, 4.69) is 34.3 Å². The second-order valence-electron chi connectivity index (χ2n) is 6.72. The molecule has 0 aliphatic rings. The second kappa shape index (κ2) is 10.3. The number of pyridine rings is 1. The summed E-state index contributed by atoms with van der Waals surface area (Å²) in [6.45, 7) is 4.26. The van der Waals surface area contributed by atoms with E-state index in [9.17, 15) is 4.79 Å². The lowest BCUT2D eigenvalue weighted by molar-refractivity contribution is 0.0953. The lowest BCUT2D eigenvalue weighted by atomic mass is 10.1. The second-order valence-corrected chi connectivity index (χ2v) is 6.72. The standard InChI is InChI=1S/C24H27N3O2/c1-3-27(18-19-9-5-4-6-10-19)23-14-13-21(17-26-23)24(28)25-16-15-20-11-7-8-12-22(20)29-2/h4-14,17H,3,15-16,18H2,1-2H3,(H,25,28). The molecule has 0 saturated carbocycles. The third kappa shape index (κ3) is 5.57. The summed E-state index contributed by atoms with van der Waals surface area (Å²) in [5.41, 5.74) is 2.86. The van der Waals surface area contributed by atoms with Crippen LogP contribution in [-0.2, 0) is 13.0 Å². The van der Waals surface area contributed by atoms with Gasteiger partial charge in [0.1, 0.15) is 11.6 Å². The van der Waals surface area contributed by atoms with Crippen LogP contribution in [0.3, 0.4) is 0 Å². The van der Waals surface area contributed by atoms with Crippen LogP contribution in [0.15, 0.2) is 72.9 Å². The third-order valence-electron chi connectivity index (χ3n) is 4.80. The molecule has 5 nitrogen and oxygen atoms in total. The summed E-state index contributed by atoms with van der Waals surface area (Å²) < 4.78 is 5.35. The van der Waals surface area contributed by atoms with Gasteiger partial charge in [0.2, 0.25) is 0 Å². The Hall–Kier alpha value is -3.34. The van der Waals surface area contributed by atoms with E-state index in [0.29, 0.717) is 18.5 Å². The summed E-state index contributed by atoms with van der Waals surface area (Å²) in [6.07, 6.45) is 2.35. The first kappa shape index (κ1) is 20.4. The molecule has 2 aromatic carbocycles. The van der Waals surface area contributed by atoms with Crippen LogP contribution in [0.2, 0.25) is 0 Å². The highest BCUT2D eigenvalue weighted by atomic mass is 16.5. The minimum absolute atomic E-state index is 0.120. The number of nitrogens with zero attached hydrogens (tertiary/aromatic N) is 2. The number of rotatable bonds is 9. The fraction of sp³-hybridized carbons (Fsp3) is 0.250. The smallest absolute Gasteiger partial charge is 0.252 e. The molecule has 0 spiro atoms. The van der Waals surface area contributed by atoms with Crippen molar-refractivity contribution >= 4 is 11.7 Å². The van der Waals surface area contributed by atoms with Gasteiger partial charge in [0.15, 0.2) is 0 Å². The average Bonchev–Trinajstić information content (AvgIpc) is 2.78. The van der Waals surface area contributed by atoms with Crippen molar-refractivity contribution in [1.29, 1.82) is 0 Å². The van der Waals surface area contributed by atoms with Crippen LogP contribution < -0.4 is 15.0 Å². The Kier molecular flexibility index (Phi) is 7.22. The maximum Gasteiger partial charge on any atom is 0.252 e. The van der Waals surface area contributed by atoms with Gasteiger partial charge in [-0.25, -0.2) is 4.98 Å². The van der Waals surface area contributed by atoms with Gasteiger partial charge in [0, 0.05) is 25.8 Å². The fourth-order valence-corrected chi connectivity index (χ4v) is 3.19.